The number of alkyl halides is 3. The van der Waals surface area contributed by atoms with Crippen molar-refractivity contribution in [2.24, 2.45) is 5.41 Å². The maximum absolute atomic E-state index is 14.6. The van der Waals surface area contributed by atoms with Gasteiger partial charge in [0, 0.05) is 12.1 Å². The molecule has 0 radical (unpaired) electrons. The molecule has 0 aliphatic carbocycles. The second kappa shape index (κ2) is 9.34. The Labute approximate surface area is 165 Å². The summed E-state index contributed by atoms with van der Waals surface area (Å²) >= 11 is 6.32. The van der Waals surface area contributed by atoms with E-state index in [0.717, 1.165) is 19.9 Å². The molecule has 0 aliphatic rings. The summed E-state index contributed by atoms with van der Waals surface area (Å²) in [4.78, 5) is 16.2. The molecule has 0 spiro atoms. The fourth-order valence-electron chi connectivity index (χ4n) is 2.67. The van der Waals surface area contributed by atoms with E-state index in [1.807, 2.05) is 13.8 Å². The summed E-state index contributed by atoms with van der Waals surface area (Å²) in [6, 6.07) is 4.14. The van der Waals surface area contributed by atoms with Crippen LogP contribution in [0.15, 0.2) is 18.2 Å². The summed E-state index contributed by atoms with van der Waals surface area (Å²) in [6.45, 7) is 6.49. The van der Waals surface area contributed by atoms with Crippen LogP contribution in [-0.2, 0) is 29.0 Å². The van der Waals surface area contributed by atoms with Crippen LogP contribution in [0.4, 0.5) is 17.6 Å². The molecule has 0 amide bonds. The van der Waals surface area contributed by atoms with Gasteiger partial charge in [-0.05, 0) is 37.5 Å². The van der Waals surface area contributed by atoms with Crippen LogP contribution < -0.4 is 0 Å². The Morgan fingerprint density at radius 3 is 2.18 bits per heavy atom. The maximum atomic E-state index is 14.6. The lowest BCUT2D eigenvalue weighted by molar-refractivity contribution is -0.211. The zero-order chi connectivity index (χ0) is 21.7. The molecule has 0 N–H and O–H groups in total. The van der Waals surface area contributed by atoms with E-state index in [1.54, 1.807) is 4.68 Å². The van der Waals surface area contributed by atoms with Gasteiger partial charge in [-0.2, -0.15) is 27.9 Å². The van der Waals surface area contributed by atoms with E-state index in [9.17, 15) is 17.6 Å². The predicted molar refractivity (Wildman–Crippen MR) is 96.2 cm³/mol. The molecule has 2 aromatic rings. The van der Waals surface area contributed by atoms with E-state index in [0.29, 0.717) is 29.4 Å². The molecular formula is C19H21ClF4N2O2. The van der Waals surface area contributed by atoms with Crippen molar-refractivity contribution >= 4 is 17.8 Å². The van der Waals surface area contributed by atoms with Gasteiger partial charge in [0.25, 0.3) is 0 Å². The highest BCUT2D eigenvalue weighted by molar-refractivity contribution is 6.33. The molecule has 1 heterocycles. The number of hydrogen-bond acceptors (Lipinski definition) is 3. The fourth-order valence-corrected chi connectivity index (χ4v) is 3.04. The highest BCUT2D eigenvalue weighted by Gasteiger charge is 2.47. The van der Waals surface area contributed by atoms with Crippen molar-refractivity contribution in [2.75, 3.05) is 0 Å². The summed E-state index contributed by atoms with van der Waals surface area (Å²) in [5.74, 6) is -0.602. The van der Waals surface area contributed by atoms with Crippen molar-refractivity contribution in [1.29, 1.82) is 0 Å². The lowest BCUT2D eigenvalue weighted by Gasteiger charge is -2.27. The van der Waals surface area contributed by atoms with Crippen LogP contribution >= 0.6 is 11.6 Å². The summed E-state index contributed by atoms with van der Waals surface area (Å²) in [7, 11) is 0. The lowest BCUT2D eigenvalue weighted by atomic mass is 9.85. The Morgan fingerprint density at radius 1 is 1.18 bits per heavy atom. The first-order valence-electron chi connectivity index (χ1n) is 8.53. The normalized spacial score (nSPS) is 11.6. The van der Waals surface area contributed by atoms with Gasteiger partial charge in [0.15, 0.2) is 0 Å². The summed E-state index contributed by atoms with van der Waals surface area (Å²) in [5, 5.41) is 4.73. The van der Waals surface area contributed by atoms with Gasteiger partial charge in [0.2, 0.25) is 0 Å². The number of carbonyl (C=O) groups excluding carboxylic acids is 2. The standard InChI is InChI=1S/C18H21ClF4N2.CO2/c1-5-14-15(19)16(25(6-2)24-14)12-8-7-11(9-13(12)20)10-17(3,4)18(21,22)23;2-1-3/h7-9H,5-6,10H2,1-4H3;. The molecule has 0 aliphatic heterocycles. The second-order valence-electron chi connectivity index (χ2n) is 6.73. The first kappa shape index (κ1) is 23.9. The van der Waals surface area contributed by atoms with Gasteiger partial charge in [-0.1, -0.05) is 38.4 Å². The second-order valence-corrected chi connectivity index (χ2v) is 7.11. The third-order valence-electron chi connectivity index (χ3n) is 4.30. The Kier molecular flexibility index (Phi) is 7.96. The Balaban J connectivity index is 0.00000122. The lowest BCUT2D eigenvalue weighted by Crippen LogP contribution is -2.34. The highest BCUT2D eigenvalue weighted by Crippen LogP contribution is 2.41. The molecule has 2 rings (SSSR count). The molecule has 0 fully saturated rings. The molecule has 4 nitrogen and oxygen atoms in total. The van der Waals surface area contributed by atoms with Crippen molar-refractivity contribution in [1.82, 2.24) is 9.78 Å². The van der Waals surface area contributed by atoms with Crippen LogP contribution in [0.1, 0.15) is 39.0 Å². The molecule has 0 atom stereocenters. The minimum absolute atomic E-state index is 0.243. The molecule has 154 valence electrons. The maximum Gasteiger partial charge on any atom is 0.394 e. The van der Waals surface area contributed by atoms with Crippen molar-refractivity contribution in [3.63, 3.8) is 0 Å². The monoisotopic (exact) mass is 420 g/mol. The number of hydrogen-bond donors (Lipinski definition) is 0. The summed E-state index contributed by atoms with van der Waals surface area (Å²) in [5.41, 5.74) is -0.273. The molecule has 1 aromatic heterocycles. The summed E-state index contributed by atoms with van der Waals surface area (Å²) < 4.78 is 55.3. The zero-order valence-corrected chi connectivity index (χ0v) is 16.7. The van der Waals surface area contributed by atoms with Gasteiger partial charge in [-0.3, -0.25) is 4.68 Å². The average molecular weight is 421 g/mol. The first-order valence-corrected chi connectivity index (χ1v) is 8.91. The molecule has 9 heteroatoms. The van der Waals surface area contributed by atoms with E-state index in [-0.39, 0.29) is 23.7 Å². The van der Waals surface area contributed by atoms with E-state index >= 15 is 0 Å². The van der Waals surface area contributed by atoms with E-state index in [4.69, 9.17) is 21.2 Å². The zero-order valence-electron chi connectivity index (χ0n) is 16.0. The minimum Gasteiger partial charge on any atom is -0.263 e. The van der Waals surface area contributed by atoms with Crippen LogP contribution in [0.3, 0.4) is 0 Å². The van der Waals surface area contributed by atoms with Crippen LogP contribution in [0.25, 0.3) is 11.3 Å². The number of aromatic nitrogens is 2. The highest BCUT2D eigenvalue weighted by atomic mass is 35.5. The number of halogens is 5. The van der Waals surface area contributed by atoms with Gasteiger partial charge >= 0.3 is 12.3 Å². The van der Waals surface area contributed by atoms with Gasteiger partial charge < -0.3 is 0 Å². The van der Waals surface area contributed by atoms with Gasteiger partial charge in [-0.25, -0.2) is 4.39 Å². The Bertz CT molecular complexity index is 854. The molecule has 1 aromatic carbocycles. The van der Waals surface area contributed by atoms with E-state index in [1.165, 1.54) is 12.1 Å². The quantitative estimate of drug-likeness (QED) is 0.602. The fraction of sp³-hybridized carbons (Fsp3) is 0.474. The first-order chi connectivity index (χ1) is 12.9. The van der Waals surface area contributed by atoms with E-state index in [2.05, 4.69) is 5.10 Å². The molecule has 28 heavy (non-hydrogen) atoms. The van der Waals surface area contributed by atoms with Gasteiger partial charge in [0.1, 0.15) is 5.82 Å². The number of benzene rings is 1. The average Bonchev–Trinajstić information content (AvgIpc) is 2.90. The van der Waals surface area contributed by atoms with Crippen LogP contribution in [0.5, 0.6) is 0 Å². The molecule has 0 bridgehead atoms. The van der Waals surface area contributed by atoms with Gasteiger partial charge in [-0.15, -0.1) is 0 Å². The Morgan fingerprint density at radius 2 is 1.75 bits per heavy atom. The van der Waals surface area contributed by atoms with Crippen LogP contribution in [0, 0.1) is 11.2 Å². The molecule has 0 saturated heterocycles. The molecule has 0 unspecified atom stereocenters. The minimum atomic E-state index is -4.36. The number of rotatable bonds is 5. The van der Waals surface area contributed by atoms with Crippen LogP contribution in [-0.4, -0.2) is 22.1 Å². The topological polar surface area (TPSA) is 52.0 Å². The number of aryl methyl sites for hydroxylation is 2. The van der Waals surface area contributed by atoms with Crippen molar-refractivity contribution in [2.45, 2.75) is 53.3 Å². The van der Waals surface area contributed by atoms with Crippen LogP contribution in [0.2, 0.25) is 5.02 Å². The van der Waals surface area contributed by atoms with E-state index < -0.39 is 17.4 Å². The van der Waals surface area contributed by atoms with Crippen molar-refractivity contribution in [3.8, 4) is 11.3 Å². The third kappa shape index (κ3) is 5.20. The molecular weight excluding hydrogens is 400 g/mol. The smallest absolute Gasteiger partial charge is 0.263 e. The van der Waals surface area contributed by atoms with Crippen molar-refractivity contribution in [3.05, 3.63) is 40.3 Å². The largest absolute Gasteiger partial charge is 0.394 e. The SMILES string of the molecule is CCc1nn(CC)c(-c2ccc(CC(C)(C)C(F)(F)F)cc2F)c1Cl.O=C=O. The Hall–Kier alpha value is -2.18. The third-order valence-corrected chi connectivity index (χ3v) is 4.69. The number of nitrogens with zero attached hydrogens (tertiary/aromatic N) is 2. The summed E-state index contributed by atoms with van der Waals surface area (Å²) in [6.07, 6.45) is -3.80. The van der Waals surface area contributed by atoms with Crippen molar-refractivity contribution < 1.29 is 27.2 Å². The van der Waals surface area contributed by atoms with Gasteiger partial charge in [0.05, 0.1) is 21.8 Å². The molecule has 0 saturated carbocycles. The predicted octanol–water partition coefficient (Wildman–Crippen LogP) is 5.47.